The molecule has 7 nitrogen and oxygen atoms in total. The molecule has 0 spiro atoms. The molecule has 0 aliphatic carbocycles. The number of aromatic nitrogens is 1. The number of nitrogens with zero attached hydrogens (tertiary/aromatic N) is 1. The molecule has 0 saturated heterocycles. The number of aliphatic hydroxyl groups is 1. The molecule has 3 rings (SSSR count). The maximum Gasteiger partial charge on any atom is 0.291 e. The Morgan fingerprint density at radius 1 is 1.23 bits per heavy atom. The van der Waals surface area contributed by atoms with Gasteiger partial charge in [0.2, 0.25) is 0 Å². The van der Waals surface area contributed by atoms with Crippen molar-refractivity contribution in [2.45, 2.75) is 0 Å². The molecule has 26 heavy (non-hydrogen) atoms. The lowest BCUT2D eigenvalue weighted by atomic mass is 10.1. The molecular weight excluding hydrogens is 334 g/mol. The number of amides is 2. The molecule has 0 unspecified atom stereocenters. The maximum atomic E-state index is 12.4. The molecule has 3 N–H and O–H groups in total. The molecule has 0 aliphatic rings. The fourth-order valence-corrected chi connectivity index (χ4v) is 2.66. The Kier molecular flexibility index (Phi) is 5.19. The van der Waals surface area contributed by atoms with E-state index in [2.05, 4.69) is 10.6 Å². The Bertz CT molecular complexity index is 954. The SMILES string of the molecule is Cn1cc(C=C(NC(=O)c2ccco2)C(=O)NCCO)c2ccccc21. The predicted molar refractivity (Wildman–Crippen MR) is 97.2 cm³/mol. The number of aryl methyl sites for hydroxylation is 1. The first-order chi connectivity index (χ1) is 12.6. The van der Waals surface area contributed by atoms with E-state index in [0.29, 0.717) is 0 Å². The Morgan fingerprint density at radius 3 is 2.77 bits per heavy atom. The van der Waals surface area contributed by atoms with Crippen LogP contribution >= 0.6 is 0 Å². The third-order valence-electron chi connectivity index (χ3n) is 3.86. The van der Waals surface area contributed by atoms with Gasteiger partial charge in [-0.3, -0.25) is 9.59 Å². The van der Waals surface area contributed by atoms with Gasteiger partial charge in [-0.1, -0.05) is 18.2 Å². The summed E-state index contributed by atoms with van der Waals surface area (Å²) in [7, 11) is 1.91. The summed E-state index contributed by atoms with van der Waals surface area (Å²) in [6, 6.07) is 10.9. The van der Waals surface area contributed by atoms with Gasteiger partial charge >= 0.3 is 0 Å². The van der Waals surface area contributed by atoms with Crippen molar-refractivity contribution in [2.75, 3.05) is 13.2 Å². The van der Waals surface area contributed by atoms with Crippen molar-refractivity contribution in [1.29, 1.82) is 0 Å². The van der Waals surface area contributed by atoms with E-state index in [1.807, 2.05) is 42.1 Å². The van der Waals surface area contributed by atoms with Gasteiger partial charge in [0.15, 0.2) is 5.76 Å². The van der Waals surface area contributed by atoms with Gasteiger partial charge < -0.3 is 24.7 Å². The molecule has 0 radical (unpaired) electrons. The van der Waals surface area contributed by atoms with Crippen molar-refractivity contribution >= 4 is 28.8 Å². The van der Waals surface area contributed by atoms with Gasteiger partial charge in [0, 0.05) is 36.3 Å². The number of para-hydroxylation sites is 1. The van der Waals surface area contributed by atoms with E-state index in [4.69, 9.17) is 9.52 Å². The molecule has 0 aliphatic heterocycles. The van der Waals surface area contributed by atoms with Gasteiger partial charge in [0.05, 0.1) is 12.9 Å². The maximum absolute atomic E-state index is 12.4. The average Bonchev–Trinajstić information content (AvgIpc) is 3.28. The van der Waals surface area contributed by atoms with E-state index < -0.39 is 11.8 Å². The van der Waals surface area contributed by atoms with Crippen molar-refractivity contribution in [3.8, 4) is 0 Å². The summed E-state index contributed by atoms with van der Waals surface area (Å²) >= 11 is 0. The highest BCUT2D eigenvalue weighted by Crippen LogP contribution is 2.22. The zero-order valence-electron chi connectivity index (χ0n) is 14.2. The number of furan rings is 1. The molecule has 0 saturated carbocycles. The summed E-state index contributed by atoms with van der Waals surface area (Å²) in [5.74, 6) is -0.920. The molecule has 0 atom stereocenters. The minimum atomic E-state index is -0.527. The van der Waals surface area contributed by atoms with Crippen LogP contribution in [-0.4, -0.2) is 34.6 Å². The highest BCUT2D eigenvalue weighted by atomic mass is 16.3. The molecule has 2 heterocycles. The highest BCUT2D eigenvalue weighted by Gasteiger charge is 2.17. The second-order valence-corrected chi connectivity index (χ2v) is 5.68. The molecule has 0 fully saturated rings. The minimum Gasteiger partial charge on any atom is -0.459 e. The zero-order valence-corrected chi connectivity index (χ0v) is 14.2. The Labute approximate surface area is 149 Å². The van der Waals surface area contributed by atoms with Crippen LogP contribution in [0.2, 0.25) is 0 Å². The number of hydrogen-bond acceptors (Lipinski definition) is 4. The Morgan fingerprint density at radius 2 is 2.04 bits per heavy atom. The summed E-state index contributed by atoms with van der Waals surface area (Å²) in [6.07, 6.45) is 4.87. The number of nitrogens with one attached hydrogen (secondary N) is 2. The first-order valence-electron chi connectivity index (χ1n) is 8.10. The third-order valence-corrected chi connectivity index (χ3v) is 3.86. The predicted octanol–water partition coefficient (Wildman–Crippen LogP) is 1.65. The van der Waals surface area contributed by atoms with Crippen LogP contribution in [0.1, 0.15) is 16.1 Å². The van der Waals surface area contributed by atoms with E-state index in [1.165, 1.54) is 12.3 Å². The third kappa shape index (κ3) is 3.68. The van der Waals surface area contributed by atoms with Crippen LogP contribution in [0.5, 0.6) is 0 Å². The van der Waals surface area contributed by atoms with Crippen molar-refractivity contribution in [3.63, 3.8) is 0 Å². The zero-order chi connectivity index (χ0) is 18.5. The summed E-state index contributed by atoms with van der Waals surface area (Å²) < 4.78 is 7.01. The standard InChI is InChI=1S/C19H19N3O4/c1-22-12-13(14-5-2-3-6-16(14)22)11-15(18(24)20-8-9-23)21-19(25)17-7-4-10-26-17/h2-7,10-12,23H,8-9H2,1H3,(H,20,24)(H,21,25). The molecular formula is C19H19N3O4. The molecule has 7 heteroatoms. The van der Waals surface area contributed by atoms with Gasteiger partial charge in [-0.2, -0.15) is 0 Å². The van der Waals surface area contributed by atoms with E-state index in [9.17, 15) is 9.59 Å². The van der Waals surface area contributed by atoms with E-state index in [1.54, 1.807) is 12.1 Å². The van der Waals surface area contributed by atoms with E-state index in [-0.39, 0.29) is 24.6 Å². The smallest absolute Gasteiger partial charge is 0.291 e. The number of fused-ring (bicyclic) bond motifs is 1. The fraction of sp³-hybridized carbons (Fsp3) is 0.158. The summed E-state index contributed by atoms with van der Waals surface area (Å²) in [5, 5.41) is 15.0. The normalized spacial score (nSPS) is 11.5. The van der Waals surface area contributed by atoms with Crippen LogP contribution in [0.4, 0.5) is 0 Å². The van der Waals surface area contributed by atoms with Crippen molar-refractivity contribution in [3.05, 3.63) is 65.9 Å². The second kappa shape index (κ2) is 7.71. The first-order valence-corrected chi connectivity index (χ1v) is 8.10. The monoisotopic (exact) mass is 353 g/mol. The number of carbonyl (C=O) groups excluding carboxylic acids is 2. The molecule has 134 valence electrons. The fourth-order valence-electron chi connectivity index (χ4n) is 2.66. The number of carbonyl (C=O) groups is 2. The lowest BCUT2D eigenvalue weighted by Crippen LogP contribution is -2.36. The van der Waals surface area contributed by atoms with Crippen LogP contribution in [0, 0.1) is 0 Å². The van der Waals surface area contributed by atoms with Crippen LogP contribution in [-0.2, 0) is 11.8 Å². The summed E-state index contributed by atoms with van der Waals surface area (Å²) in [6.45, 7) is -0.109. The molecule has 1 aromatic carbocycles. The van der Waals surface area contributed by atoms with Gasteiger partial charge in [-0.05, 0) is 24.3 Å². The van der Waals surface area contributed by atoms with Crippen LogP contribution < -0.4 is 10.6 Å². The van der Waals surface area contributed by atoms with Crippen molar-refractivity contribution < 1.29 is 19.1 Å². The lowest BCUT2D eigenvalue weighted by molar-refractivity contribution is -0.117. The molecule has 2 amide bonds. The summed E-state index contributed by atoms with van der Waals surface area (Å²) in [5.41, 5.74) is 1.86. The first kappa shape index (κ1) is 17.5. The van der Waals surface area contributed by atoms with Gasteiger partial charge in [0.25, 0.3) is 11.8 Å². The number of rotatable bonds is 6. The molecule has 3 aromatic rings. The average molecular weight is 353 g/mol. The largest absolute Gasteiger partial charge is 0.459 e. The van der Waals surface area contributed by atoms with Crippen molar-refractivity contribution in [1.82, 2.24) is 15.2 Å². The summed E-state index contributed by atoms with van der Waals surface area (Å²) in [4.78, 5) is 24.7. The Hall–Kier alpha value is -3.32. The number of benzene rings is 1. The number of aliphatic hydroxyl groups excluding tert-OH is 1. The minimum absolute atomic E-state index is 0.0659. The quantitative estimate of drug-likeness (QED) is 0.587. The van der Waals surface area contributed by atoms with Gasteiger partial charge in [0.1, 0.15) is 5.70 Å². The number of hydrogen-bond donors (Lipinski definition) is 3. The highest BCUT2D eigenvalue weighted by molar-refractivity contribution is 6.05. The Balaban J connectivity index is 1.97. The van der Waals surface area contributed by atoms with Gasteiger partial charge in [-0.15, -0.1) is 0 Å². The topological polar surface area (TPSA) is 96.5 Å². The van der Waals surface area contributed by atoms with E-state index >= 15 is 0 Å². The van der Waals surface area contributed by atoms with Crippen LogP contribution in [0.3, 0.4) is 0 Å². The molecule has 0 bridgehead atoms. The van der Waals surface area contributed by atoms with Crippen LogP contribution in [0.25, 0.3) is 17.0 Å². The van der Waals surface area contributed by atoms with Gasteiger partial charge in [-0.25, -0.2) is 0 Å². The van der Waals surface area contributed by atoms with Crippen LogP contribution in [0.15, 0.2) is 59.0 Å². The lowest BCUT2D eigenvalue weighted by Gasteiger charge is -2.09. The van der Waals surface area contributed by atoms with Crippen molar-refractivity contribution in [2.24, 2.45) is 7.05 Å². The molecule has 2 aromatic heterocycles. The second-order valence-electron chi connectivity index (χ2n) is 5.68. The van der Waals surface area contributed by atoms with E-state index in [0.717, 1.165) is 16.5 Å².